The molecule has 80 valence electrons. The van der Waals surface area contributed by atoms with Crippen LogP contribution in [0.2, 0.25) is 0 Å². The SMILES string of the molecule is C=C=CCCC[C@@H](N)c1ccccc1F. The van der Waals surface area contributed by atoms with Crippen molar-refractivity contribution in [3.05, 3.63) is 54.0 Å². The van der Waals surface area contributed by atoms with Crippen molar-refractivity contribution < 1.29 is 4.39 Å². The van der Waals surface area contributed by atoms with Gasteiger partial charge in [-0.05, 0) is 31.4 Å². The number of nitrogens with two attached hydrogens (primary N) is 1. The molecule has 0 aromatic heterocycles. The van der Waals surface area contributed by atoms with E-state index in [9.17, 15) is 4.39 Å². The summed E-state index contributed by atoms with van der Waals surface area (Å²) in [6.07, 6.45) is 4.47. The Hall–Kier alpha value is -1.37. The average molecular weight is 205 g/mol. The number of halogens is 1. The molecule has 0 saturated heterocycles. The van der Waals surface area contributed by atoms with E-state index >= 15 is 0 Å². The van der Waals surface area contributed by atoms with Gasteiger partial charge in [0.05, 0.1) is 0 Å². The molecule has 0 aliphatic rings. The lowest BCUT2D eigenvalue weighted by atomic mass is 10.0. The quantitative estimate of drug-likeness (QED) is 0.579. The molecule has 0 bridgehead atoms. The zero-order chi connectivity index (χ0) is 11.1. The average Bonchev–Trinajstić information content (AvgIpc) is 2.25. The Bertz CT molecular complexity index is 353. The van der Waals surface area contributed by atoms with Gasteiger partial charge in [-0.1, -0.05) is 24.8 Å². The van der Waals surface area contributed by atoms with Crippen LogP contribution in [0.5, 0.6) is 0 Å². The molecule has 0 aliphatic heterocycles. The van der Waals surface area contributed by atoms with Crippen molar-refractivity contribution in [2.45, 2.75) is 25.3 Å². The van der Waals surface area contributed by atoms with Crippen molar-refractivity contribution in [3.63, 3.8) is 0 Å². The van der Waals surface area contributed by atoms with Gasteiger partial charge >= 0.3 is 0 Å². The molecule has 1 nitrogen and oxygen atoms in total. The van der Waals surface area contributed by atoms with Crippen molar-refractivity contribution in [3.8, 4) is 0 Å². The Kier molecular flexibility index (Phi) is 4.82. The maximum atomic E-state index is 13.3. The Morgan fingerprint density at radius 2 is 2.20 bits per heavy atom. The normalized spacial score (nSPS) is 11.9. The van der Waals surface area contributed by atoms with E-state index in [1.54, 1.807) is 12.1 Å². The molecule has 0 unspecified atom stereocenters. The van der Waals surface area contributed by atoms with Crippen LogP contribution in [0.1, 0.15) is 30.9 Å². The van der Waals surface area contributed by atoms with E-state index in [4.69, 9.17) is 5.73 Å². The van der Waals surface area contributed by atoms with Gasteiger partial charge in [0, 0.05) is 11.6 Å². The molecule has 0 heterocycles. The predicted molar refractivity (Wildman–Crippen MR) is 60.9 cm³/mol. The second kappa shape index (κ2) is 6.18. The third-order valence-electron chi connectivity index (χ3n) is 2.31. The summed E-state index contributed by atoms with van der Waals surface area (Å²) in [7, 11) is 0. The molecule has 15 heavy (non-hydrogen) atoms. The van der Waals surface area contributed by atoms with E-state index in [2.05, 4.69) is 12.3 Å². The summed E-state index contributed by atoms with van der Waals surface area (Å²) >= 11 is 0. The lowest BCUT2D eigenvalue weighted by Gasteiger charge is -2.11. The van der Waals surface area contributed by atoms with Gasteiger partial charge in [-0.25, -0.2) is 4.39 Å². The summed E-state index contributed by atoms with van der Waals surface area (Å²) in [5, 5.41) is 0. The number of allylic oxidation sites excluding steroid dienone is 1. The second-order valence-electron chi connectivity index (χ2n) is 3.47. The van der Waals surface area contributed by atoms with E-state index in [-0.39, 0.29) is 11.9 Å². The van der Waals surface area contributed by atoms with Crippen LogP contribution < -0.4 is 5.73 Å². The molecule has 0 spiro atoms. The first-order valence-corrected chi connectivity index (χ1v) is 5.10. The van der Waals surface area contributed by atoms with E-state index in [1.807, 2.05) is 12.1 Å². The number of benzene rings is 1. The third kappa shape index (κ3) is 3.70. The van der Waals surface area contributed by atoms with Crippen LogP contribution in [-0.4, -0.2) is 0 Å². The van der Waals surface area contributed by atoms with Crippen molar-refractivity contribution >= 4 is 0 Å². The standard InChI is InChI=1S/C13H16FN/c1-2-3-4-5-10-13(15)11-8-6-7-9-12(11)14/h3,6-9,13H,1,4-5,10,15H2/t13-/m1/s1. The predicted octanol–water partition coefficient (Wildman–Crippen LogP) is 3.34. The van der Waals surface area contributed by atoms with E-state index in [0.717, 1.165) is 19.3 Å². The van der Waals surface area contributed by atoms with Crippen molar-refractivity contribution in [1.82, 2.24) is 0 Å². The smallest absolute Gasteiger partial charge is 0.127 e. The van der Waals surface area contributed by atoms with Crippen LogP contribution >= 0.6 is 0 Å². The minimum absolute atomic E-state index is 0.218. The molecule has 2 N–H and O–H groups in total. The zero-order valence-corrected chi connectivity index (χ0v) is 8.75. The number of unbranched alkanes of at least 4 members (excludes halogenated alkanes) is 1. The van der Waals surface area contributed by atoms with Crippen LogP contribution in [0.15, 0.2) is 42.7 Å². The van der Waals surface area contributed by atoms with Crippen LogP contribution in [0.4, 0.5) is 4.39 Å². The molecule has 0 aliphatic carbocycles. The Labute approximate surface area is 90.1 Å². The van der Waals surface area contributed by atoms with Crippen molar-refractivity contribution in [2.75, 3.05) is 0 Å². The molecule has 0 saturated carbocycles. The Morgan fingerprint density at radius 1 is 1.47 bits per heavy atom. The largest absolute Gasteiger partial charge is 0.324 e. The molecule has 2 heteroatoms. The molecule has 1 rings (SSSR count). The van der Waals surface area contributed by atoms with Crippen LogP contribution in [0, 0.1) is 5.82 Å². The van der Waals surface area contributed by atoms with Gasteiger partial charge in [0.2, 0.25) is 0 Å². The third-order valence-corrected chi connectivity index (χ3v) is 2.31. The minimum atomic E-state index is -0.218. The summed E-state index contributed by atoms with van der Waals surface area (Å²) in [4.78, 5) is 0. The number of hydrogen-bond donors (Lipinski definition) is 1. The van der Waals surface area contributed by atoms with Gasteiger partial charge < -0.3 is 5.73 Å². The van der Waals surface area contributed by atoms with Crippen LogP contribution in [0.3, 0.4) is 0 Å². The molecule has 1 aromatic rings. The summed E-state index contributed by atoms with van der Waals surface area (Å²) in [6, 6.07) is 6.44. The summed E-state index contributed by atoms with van der Waals surface area (Å²) in [6.45, 7) is 3.48. The highest BCUT2D eigenvalue weighted by Gasteiger charge is 2.09. The van der Waals surface area contributed by atoms with Crippen LogP contribution in [0.25, 0.3) is 0 Å². The minimum Gasteiger partial charge on any atom is -0.324 e. The fourth-order valence-electron chi connectivity index (χ4n) is 1.47. The number of rotatable bonds is 5. The van der Waals surface area contributed by atoms with Gasteiger partial charge in [-0.2, -0.15) is 0 Å². The fraction of sp³-hybridized carbons (Fsp3) is 0.308. The first-order chi connectivity index (χ1) is 7.25. The van der Waals surface area contributed by atoms with Gasteiger partial charge in [0.15, 0.2) is 0 Å². The molecule has 1 aromatic carbocycles. The highest BCUT2D eigenvalue weighted by atomic mass is 19.1. The summed E-state index contributed by atoms with van der Waals surface area (Å²) in [5.74, 6) is -0.218. The Balaban J connectivity index is 2.50. The molecular formula is C13H16FN. The lowest BCUT2D eigenvalue weighted by Crippen LogP contribution is -2.11. The van der Waals surface area contributed by atoms with E-state index < -0.39 is 0 Å². The van der Waals surface area contributed by atoms with E-state index in [0.29, 0.717) is 5.56 Å². The maximum Gasteiger partial charge on any atom is 0.127 e. The molecule has 0 radical (unpaired) electrons. The second-order valence-corrected chi connectivity index (χ2v) is 3.47. The lowest BCUT2D eigenvalue weighted by molar-refractivity contribution is 0.553. The van der Waals surface area contributed by atoms with Gasteiger partial charge in [0.1, 0.15) is 5.82 Å². The topological polar surface area (TPSA) is 26.0 Å². The number of hydrogen-bond acceptors (Lipinski definition) is 1. The van der Waals surface area contributed by atoms with E-state index in [1.165, 1.54) is 6.07 Å². The van der Waals surface area contributed by atoms with Gasteiger partial charge in [-0.15, -0.1) is 5.73 Å². The van der Waals surface area contributed by atoms with Crippen LogP contribution in [-0.2, 0) is 0 Å². The van der Waals surface area contributed by atoms with Gasteiger partial charge in [0.25, 0.3) is 0 Å². The van der Waals surface area contributed by atoms with Crippen molar-refractivity contribution in [2.24, 2.45) is 5.73 Å². The van der Waals surface area contributed by atoms with Gasteiger partial charge in [-0.3, -0.25) is 0 Å². The highest BCUT2D eigenvalue weighted by Crippen LogP contribution is 2.19. The molecule has 0 fully saturated rings. The fourth-order valence-corrected chi connectivity index (χ4v) is 1.47. The first-order valence-electron chi connectivity index (χ1n) is 5.10. The molecule has 0 amide bonds. The maximum absolute atomic E-state index is 13.3. The summed E-state index contributed by atoms with van der Waals surface area (Å²) < 4.78 is 13.3. The zero-order valence-electron chi connectivity index (χ0n) is 8.75. The first kappa shape index (κ1) is 11.7. The highest BCUT2D eigenvalue weighted by molar-refractivity contribution is 5.20. The summed E-state index contributed by atoms with van der Waals surface area (Å²) in [5.41, 5.74) is 9.19. The molecular weight excluding hydrogens is 189 g/mol. The van der Waals surface area contributed by atoms with Crippen molar-refractivity contribution in [1.29, 1.82) is 0 Å². The Morgan fingerprint density at radius 3 is 2.87 bits per heavy atom. The monoisotopic (exact) mass is 205 g/mol. The molecule has 1 atom stereocenters.